The predicted octanol–water partition coefficient (Wildman–Crippen LogP) is 5.79. The van der Waals surface area contributed by atoms with Gasteiger partial charge in [0, 0.05) is 5.56 Å². The lowest BCUT2D eigenvalue weighted by molar-refractivity contribution is 0.102. The van der Waals surface area contributed by atoms with Crippen LogP contribution in [0.2, 0.25) is 5.02 Å². The summed E-state index contributed by atoms with van der Waals surface area (Å²) in [6.45, 7) is 0. The molecule has 0 bridgehead atoms. The summed E-state index contributed by atoms with van der Waals surface area (Å²) in [5, 5.41) is 3.99. The van der Waals surface area contributed by atoms with Crippen LogP contribution in [0.1, 0.15) is 21.5 Å². The highest BCUT2D eigenvalue weighted by Crippen LogP contribution is 2.30. The Hall–Kier alpha value is -2.69. The standard InChI is InChI=1S/C21H15ClN2OS/c22-17-7-4-8-18-19(17)23-21(26-18)24-20(25)16-11-9-15(10-12-16)13-14-5-2-1-3-6-14/h1-12H,13H2,(H,23,24,25). The van der Waals surface area contributed by atoms with Crippen molar-refractivity contribution >= 4 is 44.2 Å². The molecule has 0 aliphatic carbocycles. The van der Waals surface area contributed by atoms with Crippen LogP contribution in [0.25, 0.3) is 10.2 Å². The zero-order chi connectivity index (χ0) is 17.9. The number of rotatable bonds is 4. The van der Waals surface area contributed by atoms with Gasteiger partial charge in [-0.3, -0.25) is 10.1 Å². The largest absolute Gasteiger partial charge is 0.298 e. The number of carbonyl (C=O) groups is 1. The molecule has 4 aromatic rings. The Morgan fingerprint density at radius 2 is 1.65 bits per heavy atom. The van der Waals surface area contributed by atoms with Crippen LogP contribution >= 0.6 is 22.9 Å². The first-order valence-corrected chi connectivity index (χ1v) is 9.38. The van der Waals surface area contributed by atoms with Gasteiger partial charge < -0.3 is 0 Å². The number of carbonyl (C=O) groups excluding carboxylic acids is 1. The molecule has 0 atom stereocenters. The van der Waals surface area contributed by atoms with Gasteiger partial charge in [0.05, 0.1) is 9.72 Å². The van der Waals surface area contributed by atoms with Crippen molar-refractivity contribution in [1.82, 2.24) is 4.98 Å². The quantitative estimate of drug-likeness (QED) is 0.488. The molecule has 4 rings (SSSR count). The van der Waals surface area contributed by atoms with Crippen LogP contribution in [0.15, 0.2) is 72.8 Å². The van der Waals surface area contributed by atoms with E-state index in [1.807, 2.05) is 54.6 Å². The lowest BCUT2D eigenvalue weighted by atomic mass is 10.0. The highest BCUT2D eigenvalue weighted by Gasteiger charge is 2.11. The maximum Gasteiger partial charge on any atom is 0.257 e. The Morgan fingerprint density at radius 1 is 0.923 bits per heavy atom. The molecule has 0 radical (unpaired) electrons. The molecule has 0 aliphatic rings. The maximum atomic E-state index is 12.5. The Labute approximate surface area is 160 Å². The van der Waals surface area contributed by atoms with Gasteiger partial charge in [-0.2, -0.15) is 0 Å². The minimum absolute atomic E-state index is 0.175. The third kappa shape index (κ3) is 3.62. The molecule has 0 saturated heterocycles. The average Bonchev–Trinajstić information content (AvgIpc) is 3.07. The number of hydrogen-bond donors (Lipinski definition) is 1. The molecule has 1 heterocycles. The van der Waals surface area contributed by atoms with Gasteiger partial charge in [-0.1, -0.05) is 71.5 Å². The molecule has 0 unspecified atom stereocenters. The molecule has 0 fully saturated rings. The molecule has 0 aliphatic heterocycles. The van der Waals surface area contributed by atoms with Crippen LogP contribution in [0.5, 0.6) is 0 Å². The smallest absolute Gasteiger partial charge is 0.257 e. The van der Waals surface area contributed by atoms with E-state index >= 15 is 0 Å². The van der Waals surface area contributed by atoms with Crippen molar-refractivity contribution in [3.05, 3.63) is 94.5 Å². The van der Waals surface area contributed by atoms with Gasteiger partial charge in [0.2, 0.25) is 0 Å². The molecule has 1 N–H and O–H groups in total. The highest BCUT2D eigenvalue weighted by atomic mass is 35.5. The van der Waals surface area contributed by atoms with Crippen molar-refractivity contribution in [2.75, 3.05) is 5.32 Å². The van der Waals surface area contributed by atoms with Gasteiger partial charge >= 0.3 is 0 Å². The van der Waals surface area contributed by atoms with Crippen molar-refractivity contribution in [1.29, 1.82) is 0 Å². The van der Waals surface area contributed by atoms with Crippen LogP contribution < -0.4 is 5.32 Å². The van der Waals surface area contributed by atoms with Crippen molar-refractivity contribution in [2.24, 2.45) is 0 Å². The maximum absolute atomic E-state index is 12.5. The molecule has 1 aromatic heterocycles. The summed E-state index contributed by atoms with van der Waals surface area (Å²) < 4.78 is 0.950. The number of anilines is 1. The first-order valence-electron chi connectivity index (χ1n) is 8.18. The van der Waals surface area contributed by atoms with Crippen LogP contribution in [-0.2, 0) is 6.42 Å². The van der Waals surface area contributed by atoms with E-state index in [2.05, 4.69) is 22.4 Å². The van der Waals surface area contributed by atoms with E-state index in [4.69, 9.17) is 11.6 Å². The van der Waals surface area contributed by atoms with Crippen LogP contribution in [0.4, 0.5) is 5.13 Å². The van der Waals surface area contributed by atoms with Gasteiger partial charge in [-0.25, -0.2) is 4.98 Å². The fraction of sp³-hybridized carbons (Fsp3) is 0.0476. The van der Waals surface area contributed by atoms with Crippen molar-refractivity contribution in [3.63, 3.8) is 0 Å². The second kappa shape index (κ2) is 7.28. The van der Waals surface area contributed by atoms with E-state index in [1.54, 1.807) is 6.07 Å². The molecule has 0 saturated carbocycles. The Bertz CT molecular complexity index is 1060. The zero-order valence-corrected chi connectivity index (χ0v) is 15.3. The number of aromatic nitrogens is 1. The first-order chi connectivity index (χ1) is 12.7. The van der Waals surface area contributed by atoms with Gasteiger partial charge in [0.25, 0.3) is 5.91 Å². The third-order valence-electron chi connectivity index (χ3n) is 4.06. The van der Waals surface area contributed by atoms with E-state index in [9.17, 15) is 4.79 Å². The van der Waals surface area contributed by atoms with Gasteiger partial charge in [-0.15, -0.1) is 0 Å². The number of nitrogens with zero attached hydrogens (tertiary/aromatic N) is 1. The summed E-state index contributed by atoms with van der Waals surface area (Å²) in [5.41, 5.74) is 3.73. The Morgan fingerprint density at radius 3 is 2.38 bits per heavy atom. The molecule has 26 heavy (non-hydrogen) atoms. The van der Waals surface area contributed by atoms with Crippen molar-refractivity contribution < 1.29 is 4.79 Å². The lowest BCUT2D eigenvalue weighted by Gasteiger charge is -2.05. The summed E-state index contributed by atoms with van der Waals surface area (Å²) >= 11 is 7.55. The SMILES string of the molecule is O=C(Nc1nc2c(Cl)cccc2s1)c1ccc(Cc2ccccc2)cc1. The summed E-state index contributed by atoms with van der Waals surface area (Å²) in [6, 6.07) is 23.5. The molecule has 1 amide bonds. The second-order valence-electron chi connectivity index (χ2n) is 5.92. The van der Waals surface area contributed by atoms with Gasteiger partial charge in [0.1, 0.15) is 5.52 Å². The number of hydrogen-bond acceptors (Lipinski definition) is 3. The molecular formula is C21H15ClN2OS. The molecule has 128 valence electrons. The van der Waals surface area contributed by atoms with Gasteiger partial charge in [-0.05, 0) is 41.8 Å². The summed E-state index contributed by atoms with van der Waals surface area (Å²) in [7, 11) is 0. The normalized spacial score (nSPS) is 10.8. The number of para-hydroxylation sites is 1. The minimum Gasteiger partial charge on any atom is -0.298 e. The monoisotopic (exact) mass is 378 g/mol. The van der Waals surface area contributed by atoms with E-state index in [-0.39, 0.29) is 5.91 Å². The average molecular weight is 379 g/mol. The number of thiazole rings is 1. The minimum atomic E-state index is -0.175. The van der Waals surface area contributed by atoms with E-state index in [0.717, 1.165) is 11.1 Å². The summed E-state index contributed by atoms with van der Waals surface area (Å²) in [4.78, 5) is 16.9. The topological polar surface area (TPSA) is 42.0 Å². The predicted molar refractivity (Wildman–Crippen MR) is 108 cm³/mol. The van der Waals surface area contributed by atoms with Gasteiger partial charge in [0.15, 0.2) is 5.13 Å². The number of halogens is 1. The van der Waals surface area contributed by atoms with E-state index in [1.165, 1.54) is 22.5 Å². The molecule has 5 heteroatoms. The van der Waals surface area contributed by atoms with Crippen LogP contribution in [-0.4, -0.2) is 10.9 Å². The molecule has 0 spiro atoms. The summed E-state index contributed by atoms with van der Waals surface area (Å²) in [5.74, 6) is -0.175. The molecule has 3 nitrogen and oxygen atoms in total. The zero-order valence-electron chi connectivity index (χ0n) is 13.8. The fourth-order valence-corrected chi connectivity index (χ4v) is 3.90. The lowest BCUT2D eigenvalue weighted by Crippen LogP contribution is -2.11. The number of nitrogens with one attached hydrogen (secondary N) is 1. The number of benzene rings is 3. The fourth-order valence-electron chi connectivity index (χ4n) is 2.74. The Kier molecular flexibility index (Phi) is 4.69. The van der Waals surface area contributed by atoms with Crippen molar-refractivity contribution in [2.45, 2.75) is 6.42 Å². The highest BCUT2D eigenvalue weighted by molar-refractivity contribution is 7.22. The van der Waals surface area contributed by atoms with Crippen LogP contribution in [0.3, 0.4) is 0 Å². The Balaban J connectivity index is 1.48. The van der Waals surface area contributed by atoms with Crippen LogP contribution in [0, 0.1) is 0 Å². The first kappa shape index (κ1) is 16.8. The van der Waals surface area contributed by atoms with E-state index in [0.29, 0.717) is 21.2 Å². The molecule has 3 aromatic carbocycles. The second-order valence-corrected chi connectivity index (χ2v) is 7.36. The third-order valence-corrected chi connectivity index (χ3v) is 5.30. The molecular weight excluding hydrogens is 364 g/mol. The number of amides is 1. The van der Waals surface area contributed by atoms with Crippen molar-refractivity contribution in [3.8, 4) is 0 Å². The number of fused-ring (bicyclic) bond motifs is 1. The summed E-state index contributed by atoms with van der Waals surface area (Å²) in [6.07, 6.45) is 0.846. The van der Waals surface area contributed by atoms with E-state index < -0.39 is 0 Å².